The minimum Gasteiger partial charge on any atom is -0.403 e. The quantitative estimate of drug-likeness (QED) is 0.643. The van der Waals surface area contributed by atoms with Crippen LogP contribution in [-0.2, 0) is 11.2 Å². The number of thioether (sulfide) groups is 1. The number of aromatic nitrogens is 2. The highest BCUT2D eigenvalue weighted by molar-refractivity contribution is 7.99. The van der Waals surface area contributed by atoms with E-state index in [2.05, 4.69) is 22.4 Å². The molecule has 0 radical (unpaired) electrons. The SMILES string of the molecule is CCSc1ccc(CC(=O)Nc2nnc(-c3cc(C)ccc3C)o2)cc1. The van der Waals surface area contributed by atoms with E-state index in [0.29, 0.717) is 5.89 Å². The molecule has 1 amide bonds. The maximum absolute atomic E-state index is 12.2. The largest absolute Gasteiger partial charge is 0.403 e. The Balaban J connectivity index is 1.65. The molecule has 26 heavy (non-hydrogen) atoms. The highest BCUT2D eigenvalue weighted by Gasteiger charge is 2.13. The molecule has 0 fully saturated rings. The van der Waals surface area contributed by atoms with E-state index in [-0.39, 0.29) is 18.3 Å². The fraction of sp³-hybridized carbons (Fsp3) is 0.250. The molecule has 1 aromatic heterocycles. The van der Waals surface area contributed by atoms with Crippen molar-refractivity contribution in [2.45, 2.75) is 32.1 Å². The highest BCUT2D eigenvalue weighted by atomic mass is 32.2. The topological polar surface area (TPSA) is 68.0 Å². The Hall–Kier alpha value is -2.60. The summed E-state index contributed by atoms with van der Waals surface area (Å²) in [5.41, 5.74) is 3.97. The zero-order chi connectivity index (χ0) is 18.5. The van der Waals surface area contributed by atoms with Gasteiger partial charge in [-0.2, -0.15) is 0 Å². The van der Waals surface area contributed by atoms with Crippen molar-refractivity contribution in [3.8, 4) is 11.5 Å². The normalized spacial score (nSPS) is 10.7. The van der Waals surface area contributed by atoms with Crippen LogP contribution in [0.1, 0.15) is 23.6 Å². The Labute approximate surface area is 157 Å². The second kappa shape index (κ2) is 8.19. The number of hydrogen-bond acceptors (Lipinski definition) is 5. The summed E-state index contributed by atoms with van der Waals surface area (Å²) >= 11 is 1.77. The second-order valence-corrected chi connectivity index (χ2v) is 7.37. The Morgan fingerprint density at radius 1 is 1.12 bits per heavy atom. The molecule has 5 nitrogen and oxygen atoms in total. The van der Waals surface area contributed by atoms with Gasteiger partial charge < -0.3 is 4.42 Å². The number of anilines is 1. The number of carbonyl (C=O) groups is 1. The summed E-state index contributed by atoms with van der Waals surface area (Å²) in [4.78, 5) is 13.4. The molecule has 0 spiro atoms. The number of carbonyl (C=O) groups excluding carboxylic acids is 1. The van der Waals surface area contributed by atoms with E-state index in [1.54, 1.807) is 11.8 Å². The van der Waals surface area contributed by atoms with Gasteiger partial charge in [-0.25, -0.2) is 0 Å². The molecule has 0 aliphatic rings. The van der Waals surface area contributed by atoms with Crippen molar-refractivity contribution in [3.05, 3.63) is 59.2 Å². The first-order valence-electron chi connectivity index (χ1n) is 8.48. The van der Waals surface area contributed by atoms with Crippen LogP contribution in [0, 0.1) is 13.8 Å². The number of amides is 1. The third kappa shape index (κ3) is 4.52. The first kappa shape index (κ1) is 18.2. The summed E-state index contributed by atoms with van der Waals surface area (Å²) in [6.45, 7) is 6.10. The Morgan fingerprint density at radius 2 is 1.88 bits per heavy atom. The Morgan fingerprint density at radius 3 is 2.62 bits per heavy atom. The number of aryl methyl sites for hydroxylation is 2. The van der Waals surface area contributed by atoms with Crippen LogP contribution >= 0.6 is 11.8 Å². The average molecular weight is 367 g/mol. The lowest BCUT2D eigenvalue weighted by molar-refractivity contribution is -0.115. The van der Waals surface area contributed by atoms with Crippen LogP contribution in [0.25, 0.3) is 11.5 Å². The van der Waals surface area contributed by atoms with E-state index < -0.39 is 0 Å². The van der Waals surface area contributed by atoms with Crippen LogP contribution < -0.4 is 5.32 Å². The molecule has 1 N–H and O–H groups in total. The number of hydrogen-bond donors (Lipinski definition) is 1. The summed E-state index contributed by atoms with van der Waals surface area (Å²) < 4.78 is 5.61. The Kier molecular flexibility index (Phi) is 5.73. The van der Waals surface area contributed by atoms with Gasteiger partial charge in [0.2, 0.25) is 11.8 Å². The van der Waals surface area contributed by atoms with Crippen molar-refractivity contribution in [2.24, 2.45) is 0 Å². The molecule has 134 valence electrons. The molecule has 0 atom stereocenters. The van der Waals surface area contributed by atoms with E-state index in [9.17, 15) is 4.79 Å². The lowest BCUT2D eigenvalue weighted by Crippen LogP contribution is -2.14. The Bertz CT molecular complexity index is 904. The van der Waals surface area contributed by atoms with Crippen LogP contribution in [0.2, 0.25) is 0 Å². The highest BCUT2D eigenvalue weighted by Crippen LogP contribution is 2.24. The molecule has 2 aromatic carbocycles. The summed E-state index contributed by atoms with van der Waals surface area (Å²) in [5.74, 6) is 1.25. The number of nitrogens with one attached hydrogen (secondary N) is 1. The van der Waals surface area contributed by atoms with Crippen LogP contribution in [0.4, 0.5) is 6.01 Å². The third-order valence-electron chi connectivity index (χ3n) is 3.89. The monoisotopic (exact) mass is 367 g/mol. The lowest BCUT2D eigenvalue weighted by Gasteiger charge is -2.03. The standard InChI is InChI=1S/C20H21N3O2S/c1-4-26-16-9-7-15(8-10-16)12-18(24)21-20-23-22-19(25-20)17-11-13(2)5-6-14(17)3/h5-11H,4,12H2,1-3H3,(H,21,23,24). The molecule has 3 aromatic rings. The van der Waals surface area contributed by atoms with Gasteiger partial charge in [0.1, 0.15) is 0 Å². The first-order chi connectivity index (χ1) is 12.5. The summed E-state index contributed by atoms with van der Waals surface area (Å²) in [7, 11) is 0. The molecule has 0 aliphatic carbocycles. The van der Waals surface area contributed by atoms with Crippen LogP contribution in [0.5, 0.6) is 0 Å². The molecular weight excluding hydrogens is 346 g/mol. The fourth-order valence-corrected chi connectivity index (χ4v) is 3.23. The minimum atomic E-state index is -0.183. The van der Waals surface area contributed by atoms with Gasteiger partial charge in [-0.1, -0.05) is 41.9 Å². The number of benzene rings is 2. The molecular formula is C20H21N3O2S. The van der Waals surface area contributed by atoms with Crippen molar-refractivity contribution >= 4 is 23.7 Å². The van der Waals surface area contributed by atoms with Gasteiger partial charge in [0, 0.05) is 10.5 Å². The molecule has 6 heteroatoms. The van der Waals surface area contributed by atoms with Gasteiger partial charge in [0.05, 0.1) is 6.42 Å². The van der Waals surface area contributed by atoms with Crippen molar-refractivity contribution in [1.82, 2.24) is 10.2 Å². The molecule has 1 heterocycles. The second-order valence-electron chi connectivity index (χ2n) is 6.03. The van der Waals surface area contributed by atoms with Crippen molar-refractivity contribution in [2.75, 3.05) is 11.1 Å². The molecule has 0 saturated heterocycles. The first-order valence-corrected chi connectivity index (χ1v) is 9.46. The van der Waals surface area contributed by atoms with E-state index >= 15 is 0 Å². The van der Waals surface area contributed by atoms with Gasteiger partial charge in [-0.05, 0) is 48.9 Å². The molecule has 0 bridgehead atoms. The van der Waals surface area contributed by atoms with Gasteiger partial charge >= 0.3 is 6.01 Å². The van der Waals surface area contributed by atoms with Gasteiger partial charge in [-0.15, -0.1) is 16.9 Å². The summed E-state index contributed by atoms with van der Waals surface area (Å²) in [6.07, 6.45) is 0.262. The predicted octanol–water partition coefficient (Wildman–Crippen LogP) is 4.65. The van der Waals surface area contributed by atoms with Crippen molar-refractivity contribution in [1.29, 1.82) is 0 Å². The number of rotatable bonds is 6. The van der Waals surface area contributed by atoms with Gasteiger partial charge in [0.25, 0.3) is 0 Å². The minimum absolute atomic E-state index is 0.115. The van der Waals surface area contributed by atoms with Crippen molar-refractivity contribution < 1.29 is 9.21 Å². The number of nitrogens with zero attached hydrogens (tertiary/aromatic N) is 2. The summed E-state index contributed by atoms with van der Waals surface area (Å²) in [6, 6.07) is 14.1. The lowest BCUT2D eigenvalue weighted by atomic mass is 10.1. The predicted molar refractivity (Wildman–Crippen MR) is 104 cm³/mol. The maximum Gasteiger partial charge on any atom is 0.322 e. The average Bonchev–Trinajstić information content (AvgIpc) is 3.07. The van der Waals surface area contributed by atoms with Gasteiger partial charge in [-0.3, -0.25) is 10.1 Å². The van der Waals surface area contributed by atoms with E-state index in [4.69, 9.17) is 4.42 Å². The molecule has 3 rings (SSSR count). The van der Waals surface area contributed by atoms with E-state index in [1.807, 2.05) is 56.3 Å². The van der Waals surface area contributed by atoms with Gasteiger partial charge in [0.15, 0.2) is 0 Å². The fourth-order valence-electron chi connectivity index (χ4n) is 2.57. The molecule has 0 aliphatic heterocycles. The smallest absolute Gasteiger partial charge is 0.322 e. The van der Waals surface area contributed by atoms with Crippen LogP contribution in [0.15, 0.2) is 51.8 Å². The molecule has 0 saturated carbocycles. The third-order valence-corrected chi connectivity index (χ3v) is 4.79. The zero-order valence-electron chi connectivity index (χ0n) is 15.1. The summed E-state index contributed by atoms with van der Waals surface area (Å²) in [5, 5.41) is 10.6. The molecule has 0 unspecified atom stereocenters. The van der Waals surface area contributed by atoms with E-state index in [0.717, 1.165) is 28.0 Å². The maximum atomic E-state index is 12.2. The van der Waals surface area contributed by atoms with E-state index in [1.165, 1.54) is 4.90 Å². The van der Waals surface area contributed by atoms with Crippen LogP contribution in [0.3, 0.4) is 0 Å². The van der Waals surface area contributed by atoms with Crippen LogP contribution in [-0.4, -0.2) is 21.9 Å². The zero-order valence-corrected chi connectivity index (χ0v) is 15.9. The van der Waals surface area contributed by atoms with Crippen molar-refractivity contribution in [3.63, 3.8) is 0 Å².